The third kappa shape index (κ3) is 4.36. The average molecular weight is 313 g/mol. The molecule has 1 aliphatic heterocycles. The predicted octanol–water partition coefficient (Wildman–Crippen LogP) is 2.33. The monoisotopic (exact) mass is 313 g/mol. The SMILES string of the molecule is O=C(CN1CC[C@@H](c2cccc(F)c2)C1)NCc1ccccn1. The van der Waals surface area contributed by atoms with Crippen LogP contribution >= 0.6 is 0 Å². The highest BCUT2D eigenvalue weighted by atomic mass is 19.1. The van der Waals surface area contributed by atoms with Crippen molar-refractivity contribution in [3.05, 3.63) is 65.7 Å². The smallest absolute Gasteiger partial charge is 0.234 e. The zero-order valence-electron chi connectivity index (χ0n) is 12.9. The van der Waals surface area contributed by atoms with Gasteiger partial charge in [-0.05, 0) is 48.7 Å². The Labute approximate surface area is 135 Å². The van der Waals surface area contributed by atoms with E-state index in [-0.39, 0.29) is 11.7 Å². The summed E-state index contributed by atoms with van der Waals surface area (Å²) in [6.07, 6.45) is 2.67. The molecule has 0 spiro atoms. The van der Waals surface area contributed by atoms with E-state index in [9.17, 15) is 9.18 Å². The summed E-state index contributed by atoms with van der Waals surface area (Å²) in [6.45, 7) is 2.47. The zero-order chi connectivity index (χ0) is 16.1. The van der Waals surface area contributed by atoms with E-state index in [4.69, 9.17) is 0 Å². The fourth-order valence-corrected chi connectivity index (χ4v) is 2.96. The third-order valence-electron chi connectivity index (χ3n) is 4.15. The van der Waals surface area contributed by atoms with Gasteiger partial charge in [-0.1, -0.05) is 18.2 Å². The van der Waals surface area contributed by atoms with E-state index in [0.717, 1.165) is 30.8 Å². The minimum absolute atomic E-state index is 0.00412. The molecule has 1 aliphatic rings. The quantitative estimate of drug-likeness (QED) is 0.921. The van der Waals surface area contributed by atoms with Gasteiger partial charge in [-0.2, -0.15) is 0 Å². The molecule has 1 aromatic carbocycles. The molecule has 1 N–H and O–H groups in total. The molecule has 0 unspecified atom stereocenters. The highest BCUT2D eigenvalue weighted by Crippen LogP contribution is 2.27. The van der Waals surface area contributed by atoms with Gasteiger partial charge in [0.2, 0.25) is 5.91 Å². The summed E-state index contributed by atoms with van der Waals surface area (Å²) < 4.78 is 13.3. The Bertz CT molecular complexity index is 662. The number of halogens is 1. The second kappa shape index (κ2) is 7.33. The molecular formula is C18H20FN3O. The van der Waals surface area contributed by atoms with Crippen molar-refractivity contribution in [2.24, 2.45) is 0 Å². The predicted molar refractivity (Wildman–Crippen MR) is 86.3 cm³/mol. The summed E-state index contributed by atoms with van der Waals surface area (Å²) in [4.78, 5) is 18.3. The van der Waals surface area contributed by atoms with Crippen LogP contribution in [0.15, 0.2) is 48.7 Å². The second-order valence-corrected chi connectivity index (χ2v) is 5.87. The van der Waals surface area contributed by atoms with Gasteiger partial charge in [0.05, 0.1) is 18.8 Å². The number of aromatic nitrogens is 1. The van der Waals surface area contributed by atoms with Gasteiger partial charge in [0.1, 0.15) is 5.82 Å². The molecule has 0 aliphatic carbocycles. The molecule has 2 heterocycles. The number of hydrogen-bond donors (Lipinski definition) is 1. The maximum absolute atomic E-state index is 13.3. The molecule has 2 aromatic rings. The van der Waals surface area contributed by atoms with E-state index in [2.05, 4.69) is 15.2 Å². The highest BCUT2D eigenvalue weighted by molar-refractivity contribution is 5.78. The van der Waals surface area contributed by atoms with E-state index in [0.29, 0.717) is 19.0 Å². The molecule has 1 fully saturated rings. The van der Waals surface area contributed by atoms with E-state index in [1.54, 1.807) is 18.3 Å². The molecule has 3 rings (SSSR count). The maximum atomic E-state index is 13.3. The minimum atomic E-state index is -0.200. The van der Waals surface area contributed by atoms with Crippen LogP contribution in [0.2, 0.25) is 0 Å². The number of likely N-dealkylation sites (tertiary alicyclic amines) is 1. The molecule has 0 radical (unpaired) electrons. The van der Waals surface area contributed by atoms with Crippen LogP contribution in [-0.2, 0) is 11.3 Å². The van der Waals surface area contributed by atoms with Gasteiger partial charge in [-0.25, -0.2) is 4.39 Å². The van der Waals surface area contributed by atoms with Crippen molar-refractivity contribution in [3.63, 3.8) is 0 Å². The molecule has 1 amide bonds. The zero-order valence-corrected chi connectivity index (χ0v) is 12.9. The Morgan fingerprint density at radius 3 is 3.00 bits per heavy atom. The standard InChI is InChI=1S/C18H20FN3O/c19-16-5-3-4-14(10-16)15-7-9-22(12-15)13-18(23)21-11-17-6-1-2-8-20-17/h1-6,8,10,15H,7,9,11-13H2,(H,21,23)/t15-/m1/s1. The van der Waals surface area contributed by atoms with Crippen LogP contribution in [0.25, 0.3) is 0 Å². The largest absolute Gasteiger partial charge is 0.349 e. The summed E-state index contributed by atoms with van der Waals surface area (Å²) in [7, 11) is 0. The van der Waals surface area contributed by atoms with Crippen LogP contribution in [0, 0.1) is 5.82 Å². The number of amides is 1. The Hall–Kier alpha value is -2.27. The van der Waals surface area contributed by atoms with Crippen LogP contribution in [-0.4, -0.2) is 35.4 Å². The van der Waals surface area contributed by atoms with Gasteiger partial charge < -0.3 is 5.32 Å². The summed E-state index contributed by atoms with van der Waals surface area (Å²) in [5.74, 6) is 0.0962. The van der Waals surface area contributed by atoms with E-state index in [1.807, 2.05) is 24.3 Å². The lowest BCUT2D eigenvalue weighted by atomic mass is 9.98. The molecule has 1 atom stereocenters. The fraction of sp³-hybridized carbons (Fsp3) is 0.333. The van der Waals surface area contributed by atoms with Gasteiger partial charge in [0.25, 0.3) is 0 Å². The van der Waals surface area contributed by atoms with Crippen LogP contribution < -0.4 is 5.32 Å². The van der Waals surface area contributed by atoms with Gasteiger partial charge in [-0.15, -0.1) is 0 Å². The summed E-state index contributed by atoms with van der Waals surface area (Å²) in [6, 6.07) is 12.4. The molecular weight excluding hydrogens is 293 g/mol. The molecule has 1 saturated heterocycles. The van der Waals surface area contributed by atoms with Crippen molar-refractivity contribution in [2.45, 2.75) is 18.9 Å². The van der Waals surface area contributed by atoms with Crippen molar-refractivity contribution in [1.29, 1.82) is 0 Å². The Morgan fingerprint density at radius 2 is 2.22 bits per heavy atom. The Kier molecular flexibility index (Phi) is 4.98. The normalized spacial score (nSPS) is 18.0. The summed E-state index contributed by atoms with van der Waals surface area (Å²) in [5.41, 5.74) is 1.86. The van der Waals surface area contributed by atoms with Crippen molar-refractivity contribution in [1.82, 2.24) is 15.2 Å². The first kappa shape index (κ1) is 15.6. The lowest BCUT2D eigenvalue weighted by molar-refractivity contribution is -0.122. The van der Waals surface area contributed by atoms with Crippen LogP contribution in [0.3, 0.4) is 0 Å². The van der Waals surface area contributed by atoms with Gasteiger partial charge in [0.15, 0.2) is 0 Å². The van der Waals surface area contributed by atoms with Crippen molar-refractivity contribution in [3.8, 4) is 0 Å². The molecule has 1 aromatic heterocycles. The molecule has 4 nitrogen and oxygen atoms in total. The number of nitrogens with zero attached hydrogens (tertiary/aromatic N) is 2. The van der Waals surface area contributed by atoms with Crippen molar-refractivity contribution >= 4 is 5.91 Å². The number of rotatable bonds is 5. The molecule has 120 valence electrons. The van der Waals surface area contributed by atoms with Crippen molar-refractivity contribution in [2.75, 3.05) is 19.6 Å². The topological polar surface area (TPSA) is 45.2 Å². The minimum Gasteiger partial charge on any atom is -0.349 e. The first-order valence-electron chi connectivity index (χ1n) is 7.85. The Balaban J connectivity index is 1.47. The summed E-state index contributed by atoms with van der Waals surface area (Å²) in [5, 5.41) is 2.89. The van der Waals surface area contributed by atoms with E-state index in [1.165, 1.54) is 6.07 Å². The number of carbonyl (C=O) groups is 1. The van der Waals surface area contributed by atoms with E-state index < -0.39 is 0 Å². The van der Waals surface area contributed by atoms with Gasteiger partial charge in [0, 0.05) is 12.7 Å². The van der Waals surface area contributed by atoms with E-state index >= 15 is 0 Å². The fourth-order valence-electron chi connectivity index (χ4n) is 2.96. The molecule has 0 bridgehead atoms. The Morgan fingerprint density at radius 1 is 1.30 bits per heavy atom. The lowest BCUT2D eigenvalue weighted by Gasteiger charge is -2.16. The lowest BCUT2D eigenvalue weighted by Crippen LogP contribution is -2.35. The van der Waals surface area contributed by atoms with Crippen LogP contribution in [0.5, 0.6) is 0 Å². The number of pyridine rings is 1. The highest BCUT2D eigenvalue weighted by Gasteiger charge is 2.25. The first-order valence-corrected chi connectivity index (χ1v) is 7.85. The van der Waals surface area contributed by atoms with Crippen LogP contribution in [0.1, 0.15) is 23.6 Å². The average Bonchev–Trinajstić information content (AvgIpc) is 3.02. The molecule has 5 heteroatoms. The molecule has 23 heavy (non-hydrogen) atoms. The van der Waals surface area contributed by atoms with Gasteiger partial charge >= 0.3 is 0 Å². The number of benzene rings is 1. The second-order valence-electron chi connectivity index (χ2n) is 5.87. The molecule has 0 saturated carbocycles. The summed E-state index contributed by atoms with van der Waals surface area (Å²) >= 11 is 0. The maximum Gasteiger partial charge on any atom is 0.234 e. The number of hydrogen-bond acceptors (Lipinski definition) is 3. The first-order chi connectivity index (χ1) is 11.2. The van der Waals surface area contributed by atoms with Gasteiger partial charge in [-0.3, -0.25) is 14.7 Å². The number of nitrogens with one attached hydrogen (secondary N) is 1. The van der Waals surface area contributed by atoms with Crippen LogP contribution in [0.4, 0.5) is 4.39 Å². The number of carbonyl (C=O) groups excluding carboxylic acids is 1. The van der Waals surface area contributed by atoms with Crippen molar-refractivity contribution < 1.29 is 9.18 Å². The third-order valence-corrected chi connectivity index (χ3v) is 4.15.